The second-order valence-electron chi connectivity index (χ2n) is 4.60. The van der Waals surface area contributed by atoms with Gasteiger partial charge >= 0.3 is 6.09 Å². The van der Waals surface area contributed by atoms with E-state index in [1.54, 1.807) is 31.2 Å². The summed E-state index contributed by atoms with van der Waals surface area (Å²) < 4.78 is 10.6. The van der Waals surface area contributed by atoms with E-state index < -0.39 is 6.09 Å². The minimum Gasteiger partial charge on any atom is -0.452 e. The first-order valence-corrected chi connectivity index (χ1v) is 6.96. The highest BCUT2D eigenvalue weighted by Crippen LogP contribution is 2.28. The average molecular weight is 311 g/mol. The van der Waals surface area contributed by atoms with E-state index >= 15 is 0 Å². The van der Waals surface area contributed by atoms with Crippen LogP contribution in [0.25, 0.3) is 22.4 Å². The third-order valence-corrected chi connectivity index (χ3v) is 3.10. The van der Waals surface area contributed by atoms with Crippen LogP contribution >= 0.6 is 0 Å². The predicted molar refractivity (Wildman–Crippen MR) is 84.2 cm³/mol. The molecule has 0 aliphatic carbocycles. The van der Waals surface area contributed by atoms with Crippen molar-refractivity contribution in [3.8, 4) is 11.3 Å². The molecule has 7 heteroatoms. The number of carbonyl (C=O) groups is 1. The van der Waals surface area contributed by atoms with E-state index in [0.29, 0.717) is 17.0 Å². The average Bonchev–Trinajstić information content (AvgIpc) is 2.55. The van der Waals surface area contributed by atoms with E-state index in [0.717, 1.165) is 0 Å². The summed E-state index contributed by atoms with van der Waals surface area (Å²) in [7, 11) is 0. The van der Waals surface area contributed by atoms with E-state index in [1.165, 1.54) is 18.6 Å². The Kier molecular flexibility index (Phi) is 4.01. The fourth-order valence-electron chi connectivity index (χ4n) is 2.13. The first-order valence-electron chi connectivity index (χ1n) is 6.96. The number of amides is 1. The largest absolute Gasteiger partial charge is 0.452 e. The molecule has 23 heavy (non-hydrogen) atoms. The summed E-state index contributed by atoms with van der Waals surface area (Å²) in [5.41, 5.74) is 1.24. The lowest BCUT2D eigenvalue weighted by Crippen LogP contribution is -2.14. The van der Waals surface area contributed by atoms with Crippen molar-refractivity contribution in [1.29, 1.82) is 0 Å². The van der Waals surface area contributed by atoms with Gasteiger partial charge in [-0.05, 0) is 19.1 Å². The van der Waals surface area contributed by atoms with Gasteiger partial charge in [0.25, 0.3) is 0 Å². The summed E-state index contributed by atoms with van der Waals surface area (Å²) in [6.45, 7) is 1.98. The van der Waals surface area contributed by atoms with Crippen molar-refractivity contribution < 1.29 is 13.9 Å². The van der Waals surface area contributed by atoms with Gasteiger partial charge in [-0.1, -0.05) is 12.1 Å². The zero-order valence-electron chi connectivity index (χ0n) is 12.3. The summed E-state index contributed by atoms with van der Waals surface area (Å²) in [6.07, 6.45) is 2.13. The molecule has 116 valence electrons. The molecule has 0 aliphatic heterocycles. The maximum Gasteiger partial charge on any atom is 0.411 e. The summed E-state index contributed by atoms with van der Waals surface area (Å²) in [6, 6.07) is 8.29. The molecule has 0 saturated heterocycles. The molecule has 1 aromatic carbocycles. The van der Waals surface area contributed by atoms with Crippen LogP contribution < -0.4 is 10.7 Å². The Morgan fingerprint density at radius 3 is 3.00 bits per heavy atom. The van der Waals surface area contributed by atoms with Crippen molar-refractivity contribution in [2.24, 2.45) is 0 Å². The molecule has 1 N–H and O–H groups in total. The number of para-hydroxylation sites is 1. The number of nitrogens with zero attached hydrogens (tertiary/aromatic N) is 2. The minimum absolute atomic E-state index is 0.208. The van der Waals surface area contributed by atoms with Gasteiger partial charge in [-0.3, -0.25) is 10.1 Å². The van der Waals surface area contributed by atoms with Crippen molar-refractivity contribution in [2.75, 3.05) is 11.9 Å². The van der Waals surface area contributed by atoms with Crippen molar-refractivity contribution in [2.45, 2.75) is 6.92 Å². The Labute approximate surface area is 130 Å². The van der Waals surface area contributed by atoms with Crippen LogP contribution in [0.4, 0.5) is 10.5 Å². The zero-order chi connectivity index (χ0) is 16.2. The maximum absolute atomic E-state index is 12.1. The number of rotatable bonds is 3. The van der Waals surface area contributed by atoms with Crippen LogP contribution in [0.5, 0.6) is 0 Å². The van der Waals surface area contributed by atoms with Gasteiger partial charge in [-0.25, -0.2) is 14.8 Å². The molecule has 3 rings (SSSR count). The standard InChI is InChI=1S/C16H13N3O4/c1-2-22-16(21)19-11-6-4-3-5-10(11)13-7-12(20)15-14(23-13)8-17-9-18-15/h3-9H,2H2,1H3,(H,19,21). The number of ether oxygens (including phenoxy) is 1. The van der Waals surface area contributed by atoms with Crippen LogP contribution in [0.1, 0.15) is 6.92 Å². The molecule has 2 heterocycles. The number of benzene rings is 1. The molecule has 0 radical (unpaired) electrons. The summed E-state index contributed by atoms with van der Waals surface area (Å²) in [5, 5.41) is 2.62. The van der Waals surface area contributed by atoms with E-state index in [2.05, 4.69) is 15.3 Å². The van der Waals surface area contributed by atoms with Gasteiger partial charge < -0.3 is 9.15 Å². The monoisotopic (exact) mass is 311 g/mol. The van der Waals surface area contributed by atoms with E-state index in [1.807, 2.05) is 0 Å². The summed E-state index contributed by atoms with van der Waals surface area (Å²) in [4.78, 5) is 31.5. The first-order chi connectivity index (χ1) is 11.2. The van der Waals surface area contributed by atoms with Crippen LogP contribution in [0.15, 0.2) is 52.1 Å². The quantitative estimate of drug-likeness (QED) is 0.799. The van der Waals surface area contributed by atoms with Crippen LogP contribution in [-0.4, -0.2) is 22.7 Å². The van der Waals surface area contributed by atoms with Crippen LogP contribution in [0.2, 0.25) is 0 Å². The van der Waals surface area contributed by atoms with Gasteiger partial charge in [0.1, 0.15) is 12.1 Å². The van der Waals surface area contributed by atoms with Crippen molar-refractivity contribution in [3.05, 3.63) is 53.1 Å². The molecule has 0 fully saturated rings. The smallest absolute Gasteiger partial charge is 0.411 e. The fraction of sp³-hybridized carbons (Fsp3) is 0.125. The molecule has 0 bridgehead atoms. The van der Waals surface area contributed by atoms with Gasteiger partial charge in [0, 0.05) is 11.6 Å². The summed E-state index contributed by atoms with van der Waals surface area (Å²) >= 11 is 0. The number of carbonyl (C=O) groups excluding carboxylic acids is 1. The highest BCUT2D eigenvalue weighted by molar-refractivity contribution is 5.91. The molecular formula is C16H13N3O4. The number of anilines is 1. The number of nitrogens with one attached hydrogen (secondary N) is 1. The molecule has 0 saturated carbocycles. The molecule has 0 spiro atoms. The topological polar surface area (TPSA) is 94.3 Å². The zero-order valence-corrected chi connectivity index (χ0v) is 12.3. The Hall–Kier alpha value is -3.22. The highest BCUT2D eigenvalue weighted by atomic mass is 16.5. The molecule has 1 amide bonds. The SMILES string of the molecule is CCOC(=O)Nc1ccccc1-c1cc(=O)c2ncncc2o1. The normalized spacial score (nSPS) is 10.5. The summed E-state index contributed by atoms with van der Waals surface area (Å²) in [5.74, 6) is 0.310. The fourth-order valence-corrected chi connectivity index (χ4v) is 2.13. The van der Waals surface area contributed by atoms with Gasteiger partial charge in [0.05, 0.1) is 18.5 Å². The Morgan fingerprint density at radius 1 is 1.35 bits per heavy atom. The van der Waals surface area contributed by atoms with Crippen LogP contribution in [0.3, 0.4) is 0 Å². The molecular weight excluding hydrogens is 298 g/mol. The Bertz CT molecular complexity index is 920. The van der Waals surface area contributed by atoms with Crippen molar-refractivity contribution in [1.82, 2.24) is 9.97 Å². The molecule has 0 atom stereocenters. The second kappa shape index (κ2) is 6.27. The third kappa shape index (κ3) is 3.03. The number of hydrogen-bond donors (Lipinski definition) is 1. The van der Waals surface area contributed by atoms with E-state index in [-0.39, 0.29) is 23.1 Å². The Morgan fingerprint density at radius 2 is 2.17 bits per heavy atom. The van der Waals surface area contributed by atoms with Crippen molar-refractivity contribution >= 4 is 22.9 Å². The third-order valence-electron chi connectivity index (χ3n) is 3.10. The molecule has 3 aromatic rings. The lowest BCUT2D eigenvalue weighted by atomic mass is 10.1. The Balaban J connectivity index is 2.08. The lowest BCUT2D eigenvalue weighted by Gasteiger charge is -2.10. The van der Waals surface area contributed by atoms with Crippen molar-refractivity contribution in [3.63, 3.8) is 0 Å². The maximum atomic E-state index is 12.1. The van der Waals surface area contributed by atoms with Gasteiger partial charge in [-0.15, -0.1) is 0 Å². The second-order valence-corrected chi connectivity index (χ2v) is 4.60. The first kappa shape index (κ1) is 14.7. The number of aromatic nitrogens is 2. The highest BCUT2D eigenvalue weighted by Gasteiger charge is 2.13. The molecule has 0 aliphatic rings. The lowest BCUT2D eigenvalue weighted by molar-refractivity contribution is 0.168. The van der Waals surface area contributed by atoms with Gasteiger partial charge in [0.15, 0.2) is 11.1 Å². The van der Waals surface area contributed by atoms with Crippen LogP contribution in [-0.2, 0) is 4.74 Å². The predicted octanol–water partition coefficient (Wildman–Crippen LogP) is 2.82. The molecule has 2 aromatic heterocycles. The van der Waals surface area contributed by atoms with Crippen LogP contribution in [0, 0.1) is 0 Å². The number of fused-ring (bicyclic) bond motifs is 1. The molecule has 7 nitrogen and oxygen atoms in total. The van der Waals surface area contributed by atoms with E-state index in [4.69, 9.17) is 9.15 Å². The van der Waals surface area contributed by atoms with Gasteiger partial charge in [-0.2, -0.15) is 0 Å². The minimum atomic E-state index is -0.577. The van der Waals surface area contributed by atoms with Gasteiger partial charge in [0.2, 0.25) is 5.43 Å². The van der Waals surface area contributed by atoms with E-state index in [9.17, 15) is 9.59 Å². The number of hydrogen-bond acceptors (Lipinski definition) is 6. The molecule has 0 unspecified atom stereocenters.